The summed E-state index contributed by atoms with van der Waals surface area (Å²) in [4.78, 5) is 0. The standard InChI is InChI=1S/C16H23F2N/c1-11(13-7-4-3-5-8-13)19-12(2)16-14(17)9-6-10-15(16)18/h6,9-13,19H,3-5,7-8H2,1-2H3/t11-,12?/m0/s1. The maximum atomic E-state index is 13.7. The highest BCUT2D eigenvalue weighted by Crippen LogP contribution is 2.28. The third-order valence-corrected chi connectivity index (χ3v) is 4.30. The zero-order valence-electron chi connectivity index (χ0n) is 11.8. The first-order valence-corrected chi connectivity index (χ1v) is 7.29. The number of hydrogen-bond acceptors (Lipinski definition) is 1. The van der Waals surface area contributed by atoms with Crippen molar-refractivity contribution in [3.05, 3.63) is 35.4 Å². The van der Waals surface area contributed by atoms with Crippen LogP contribution in [-0.4, -0.2) is 6.04 Å². The molecule has 0 bridgehead atoms. The smallest absolute Gasteiger partial charge is 0.130 e. The number of hydrogen-bond donors (Lipinski definition) is 1. The fourth-order valence-corrected chi connectivity index (χ4v) is 3.17. The van der Waals surface area contributed by atoms with E-state index in [-0.39, 0.29) is 11.6 Å². The largest absolute Gasteiger partial charge is 0.307 e. The second-order valence-electron chi connectivity index (χ2n) is 5.71. The topological polar surface area (TPSA) is 12.0 Å². The van der Waals surface area contributed by atoms with E-state index in [1.54, 1.807) is 0 Å². The maximum absolute atomic E-state index is 13.7. The van der Waals surface area contributed by atoms with Crippen LogP contribution in [0.15, 0.2) is 18.2 Å². The Hall–Kier alpha value is -0.960. The molecule has 0 amide bonds. The number of rotatable bonds is 4. The summed E-state index contributed by atoms with van der Waals surface area (Å²) in [7, 11) is 0. The zero-order valence-corrected chi connectivity index (χ0v) is 11.8. The maximum Gasteiger partial charge on any atom is 0.130 e. The molecule has 2 rings (SSSR count). The van der Waals surface area contributed by atoms with Crippen LogP contribution in [0, 0.1) is 17.6 Å². The lowest BCUT2D eigenvalue weighted by Crippen LogP contribution is -2.36. The number of halogens is 2. The van der Waals surface area contributed by atoms with Crippen LogP contribution >= 0.6 is 0 Å². The van der Waals surface area contributed by atoms with E-state index in [9.17, 15) is 8.78 Å². The quantitative estimate of drug-likeness (QED) is 0.841. The summed E-state index contributed by atoms with van der Waals surface area (Å²) >= 11 is 0. The first-order chi connectivity index (χ1) is 9.09. The van der Waals surface area contributed by atoms with Crippen LogP contribution in [0.2, 0.25) is 0 Å². The molecule has 1 saturated carbocycles. The van der Waals surface area contributed by atoms with E-state index in [1.165, 1.54) is 50.3 Å². The molecule has 1 N–H and O–H groups in total. The molecule has 1 unspecified atom stereocenters. The highest BCUT2D eigenvalue weighted by molar-refractivity contribution is 5.22. The molecule has 0 spiro atoms. The van der Waals surface area contributed by atoms with Crippen molar-refractivity contribution >= 4 is 0 Å². The van der Waals surface area contributed by atoms with E-state index < -0.39 is 11.6 Å². The minimum atomic E-state index is -0.462. The van der Waals surface area contributed by atoms with Crippen LogP contribution in [0.25, 0.3) is 0 Å². The van der Waals surface area contributed by atoms with Crippen molar-refractivity contribution in [3.63, 3.8) is 0 Å². The minimum absolute atomic E-state index is 0.158. The molecule has 0 heterocycles. The molecule has 1 aromatic rings. The van der Waals surface area contributed by atoms with Gasteiger partial charge in [-0.15, -0.1) is 0 Å². The highest BCUT2D eigenvalue weighted by atomic mass is 19.1. The minimum Gasteiger partial charge on any atom is -0.307 e. The SMILES string of the molecule is CC(N[C@@H](C)C1CCCCC1)c1c(F)cccc1F. The Labute approximate surface area is 114 Å². The first kappa shape index (κ1) is 14.4. The molecule has 0 saturated heterocycles. The molecule has 3 heteroatoms. The second kappa shape index (κ2) is 6.47. The Morgan fingerprint density at radius 1 is 1.05 bits per heavy atom. The molecule has 0 radical (unpaired) electrons. The first-order valence-electron chi connectivity index (χ1n) is 7.29. The van der Waals surface area contributed by atoms with Crippen LogP contribution in [0.1, 0.15) is 57.6 Å². The highest BCUT2D eigenvalue weighted by Gasteiger charge is 2.23. The fraction of sp³-hybridized carbons (Fsp3) is 0.625. The van der Waals surface area contributed by atoms with Gasteiger partial charge in [0, 0.05) is 17.6 Å². The van der Waals surface area contributed by atoms with Crippen molar-refractivity contribution in [2.45, 2.75) is 58.0 Å². The molecule has 106 valence electrons. The Morgan fingerprint density at radius 3 is 2.21 bits per heavy atom. The number of benzene rings is 1. The lowest BCUT2D eigenvalue weighted by Gasteiger charge is -2.31. The number of nitrogens with one attached hydrogen (secondary N) is 1. The molecular weight excluding hydrogens is 244 g/mol. The summed E-state index contributed by atoms with van der Waals surface area (Å²) in [6.45, 7) is 3.96. The van der Waals surface area contributed by atoms with E-state index in [4.69, 9.17) is 0 Å². The van der Waals surface area contributed by atoms with Gasteiger partial charge in [-0.25, -0.2) is 8.78 Å². The molecule has 1 aliphatic carbocycles. The Kier molecular flexibility index (Phi) is 4.92. The van der Waals surface area contributed by atoms with Gasteiger partial charge in [-0.05, 0) is 44.7 Å². The third kappa shape index (κ3) is 3.53. The van der Waals surface area contributed by atoms with Crippen LogP contribution < -0.4 is 5.32 Å². The lowest BCUT2D eigenvalue weighted by molar-refractivity contribution is 0.265. The van der Waals surface area contributed by atoms with Gasteiger partial charge in [0.1, 0.15) is 11.6 Å². The zero-order chi connectivity index (χ0) is 13.8. The van der Waals surface area contributed by atoms with Gasteiger partial charge < -0.3 is 5.32 Å². The molecular formula is C16H23F2N. The van der Waals surface area contributed by atoms with Crippen molar-refractivity contribution in [2.24, 2.45) is 5.92 Å². The van der Waals surface area contributed by atoms with Crippen molar-refractivity contribution in [3.8, 4) is 0 Å². The van der Waals surface area contributed by atoms with E-state index >= 15 is 0 Å². The fourth-order valence-electron chi connectivity index (χ4n) is 3.17. The molecule has 1 aliphatic rings. The van der Waals surface area contributed by atoms with Crippen molar-refractivity contribution < 1.29 is 8.78 Å². The summed E-state index contributed by atoms with van der Waals surface area (Å²) < 4.78 is 27.4. The van der Waals surface area contributed by atoms with Crippen LogP contribution in [0.4, 0.5) is 8.78 Å². The van der Waals surface area contributed by atoms with Crippen LogP contribution in [-0.2, 0) is 0 Å². The van der Waals surface area contributed by atoms with Gasteiger partial charge in [0.05, 0.1) is 0 Å². The lowest BCUT2D eigenvalue weighted by atomic mass is 9.84. The molecule has 1 fully saturated rings. The molecule has 19 heavy (non-hydrogen) atoms. The normalized spacial score (nSPS) is 20.2. The van der Waals surface area contributed by atoms with E-state index in [1.807, 2.05) is 6.92 Å². The van der Waals surface area contributed by atoms with Gasteiger partial charge in [-0.1, -0.05) is 25.3 Å². The summed E-state index contributed by atoms with van der Waals surface area (Å²) in [5, 5.41) is 3.37. The monoisotopic (exact) mass is 267 g/mol. The molecule has 1 nitrogen and oxygen atoms in total. The summed E-state index contributed by atoms with van der Waals surface area (Å²) in [5.74, 6) is -0.294. The molecule has 0 aliphatic heterocycles. The predicted molar refractivity (Wildman–Crippen MR) is 73.9 cm³/mol. The predicted octanol–water partition coefficient (Wildman–Crippen LogP) is 4.58. The average Bonchev–Trinajstić information content (AvgIpc) is 2.39. The Bertz CT molecular complexity index is 393. The van der Waals surface area contributed by atoms with E-state index in [2.05, 4.69) is 12.2 Å². The second-order valence-corrected chi connectivity index (χ2v) is 5.71. The van der Waals surface area contributed by atoms with Gasteiger partial charge in [-0.3, -0.25) is 0 Å². The van der Waals surface area contributed by atoms with Crippen LogP contribution in [0.5, 0.6) is 0 Å². The van der Waals surface area contributed by atoms with Crippen molar-refractivity contribution in [1.82, 2.24) is 5.32 Å². The molecule has 1 aromatic carbocycles. The summed E-state index contributed by atoms with van der Waals surface area (Å²) in [5.41, 5.74) is 0.158. The third-order valence-electron chi connectivity index (χ3n) is 4.30. The van der Waals surface area contributed by atoms with Gasteiger partial charge in [0.25, 0.3) is 0 Å². The van der Waals surface area contributed by atoms with Gasteiger partial charge in [0.2, 0.25) is 0 Å². The van der Waals surface area contributed by atoms with Crippen molar-refractivity contribution in [2.75, 3.05) is 0 Å². The van der Waals surface area contributed by atoms with Gasteiger partial charge in [-0.2, -0.15) is 0 Å². The summed E-state index contributed by atoms with van der Waals surface area (Å²) in [6.07, 6.45) is 6.32. The van der Waals surface area contributed by atoms with Gasteiger partial charge >= 0.3 is 0 Å². The van der Waals surface area contributed by atoms with E-state index in [0.717, 1.165) is 0 Å². The Balaban J connectivity index is 2.01. The molecule has 2 atom stereocenters. The average molecular weight is 267 g/mol. The van der Waals surface area contributed by atoms with Crippen molar-refractivity contribution in [1.29, 1.82) is 0 Å². The van der Waals surface area contributed by atoms with Gasteiger partial charge in [0.15, 0.2) is 0 Å². The Morgan fingerprint density at radius 2 is 1.63 bits per heavy atom. The molecule has 0 aromatic heterocycles. The van der Waals surface area contributed by atoms with E-state index in [0.29, 0.717) is 12.0 Å². The summed E-state index contributed by atoms with van der Waals surface area (Å²) in [6, 6.07) is 4.06. The van der Waals surface area contributed by atoms with Crippen LogP contribution in [0.3, 0.4) is 0 Å².